The first-order valence-electron chi connectivity index (χ1n) is 16.0. The van der Waals surface area contributed by atoms with Crippen LogP contribution in [0.2, 0.25) is 0 Å². The molecule has 290 valence electrons. The molecule has 0 saturated carbocycles. The zero-order valence-corrected chi connectivity index (χ0v) is 29.7. The number of sulfone groups is 2. The van der Waals surface area contributed by atoms with Gasteiger partial charge in [0.2, 0.25) is 5.91 Å². The number of halogens is 9. The van der Waals surface area contributed by atoms with Crippen molar-refractivity contribution >= 4 is 25.6 Å². The molecule has 1 aliphatic heterocycles. The smallest absolute Gasteiger partial charge is 0.349 e. The first-order chi connectivity index (χ1) is 25.1. The van der Waals surface area contributed by atoms with Gasteiger partial charge in [0.05, 0.1) is 28.6 Å². The van der Waals surface area contributed by atoms with Gasteiger partial charge in [0.15, 0.2) is 19.7 Å². The summed E-state index contributed by atoms with van der Waals surface area (Å²) in [5.41, 5.74) is -7.88. The van der Waals surface area contributed by atoms with E-state index in [4.69, 9.17) is 0 Å². The van der Waals surface area contributed by atoms with Crippen LogP contribution in [-0.2, 0) is 52.6 Å². The number of likely N-dealkylation sites (tertiary alicyclic amines) is 1. The second-order valence-corrected chi connectivity index (χ2v) is 17.0. The Kier molecular flexibility index (Phi) is 11.1. The lowest BCUT2D eigenvalue weighted by Crippen LogP contribution is -2.56. The number of hydrogen-bond acceptors (Lipinski definition) is 6. The zero-order valence-electron chi connectivity index (χ0n) is 28.0. The van der Waals surface area contributed by atoms with Gasteiger partial charge in [-0.1, -0.05) is 49.4 Å². The van der Waals surface area contributed by atoms with Crippen LogP contribution in [0.25, 0.3) is 0 Å². The molecular formula is C36H30F9NO6S2. The van der Waals surface area contributed by atoms with E-state index in [1.165, 1.54) is 31.2 Å². The lowest BCUT2D eigenvalue weighted by atomic mass is 9.88. The fraction of sp³-hybridized carbons (Fsp3) is 0.306. The summed E-state index contributed by atoms with van der Waals surface area (Å²) in [7, 11) is -8.23. The Morgan fingerprint density at radius 1 is 0.759 bits per heavy atom. The third-order valence-electron chi connectivity index (χ3n) is 9.35. The molecule has 1 amide bonds. The van der Waals surface area contributed by atoms with Gasteiger partial charge in [-0.05, 0) is 66.1 Å². The predicted molar refractivity (Wildman–Crippen MR) is 176 cm³/mol. The summed E-state index contributed by atoms with van der Waals surface area (Å²) < 4.78 is 185. The molecule has 0 bridgehead atoms. The van der Waals surface area contributed by atoms with Crippen molar-refractivity contribution in [2.24, 2.45) is 0 Å². The monoisotopic (exact) mass is 807 g/mol. The van der Waals surface area contributed by atoms with Crippen LogP contribution in [0, 0.1) is 17.5 Å². The van der Waals surface area contributed by atoms with Gasteiger partial charge in [0.25, 0.3) is 5.60 Å². The van der Waals surface area contributed by atoms with E-state index in [2.05, 4.69) is 4.74 Å². The van der Waals surface area contributed by atoms with Gasteiger partial charge in [-0.15, -0.1) is 0 Å². The minimum Gasteiger partial charge on any atom is -0.349 e. The van der Waals surface area contributed by atoms with E-state index in [1.54, 1.807) is 0 Å². The molecule has 4 aromatic rings. The minimum atomic E-state index is -6.26. The SMILES string of the molecule is CCS(=O)(=O)c1ccc(CC(=O)N2CC[C@](c3ccc(C(OCc4c(F)cccc4F)(C(F)(F)F)C(F)(F)F)cc3)(S(=O)(=O)c3ccc(F)cc3)C2)cc1. The molecule has 1 fully saturated rings. The van der Waals surface area contributed by atoms with E-state index >= 15 is 0 Å². The molecule has 5 rings (SSSR count). The normalized spacial score (nSPS) is 17.2. The average molecular weight is 808 g/mol. The molecule has 1 saturated heterocycles. The molecule has 0 unspecified atom stereocenters. The van der Waals surface area contributed by atoms with Crippen molar-refractivity contribution in [1.82, 2.24) is 4.90 Å². The van der Waals surface area contributed by atoms with Crippen molar-refractivity contribution in [3.63, 3.8) is 0 Å². The second-order valence-electron chi connectivity index (χ2n) is 12.5. The molecule has 0 aromatic heterocycles. The molecule has 1 aliphatic rings. The highest BCUT2D eigenvalue weighted by Gasteiger charge is 2.73. The maximum atomic E-state index is 14.6. The van der Waals surface area contributed by atoms with Crippen LogP contribution < -0.4 is 0 Å². The fourth-order valence-electron chi connectivity index (χ4n) is 6.31. The summed E-state index contributed by atoms with van der Waals surface area (Å²) in [5.74, 6) is -4.52. The van der Waals surface area contributed by atoms with Crippen molar-refractivity contribution < 1.29 is 65.9 Å². The Bertz CT molecular complexity index is 2190. The molecule has 1 heterocycles. The summed E-state index contributed by atoms with van der Waals surface area (Å²) >= 11 is 0. The van der Waals surface area contributed by atoms with Crippen molar-refractivity contribution in [3.8, 4) is 0 Å². The van der Waals surface area contributed by atoms with Gasteiger partial charge < -0.3 is 9.64 Å². The van der Waals surface area contributed by atoms with Crippen LogP contribution in [0.15, 0.2) is 101 Å². The Hall–Kier alpha value is -4.42. The zero-order chi connectivity index (χ0) is 39.9. The highest BCUT2D eigenvalue weighted by molar-refractivity contribution is 7.92. The standard InChI is InChI=1S/C36H30F9NO6S2/c1-2-53(48,49)27-14-6-23(7-15-27)20-32(47)46-19-18-33(22-46,54(50,51)28-16-12-26(37)13-17-28)24-8-10-25(11-9-24)34(35(40,41)42,36(43,44)45)52-21-29-30(38)4-3-5-31(29)39/h3-17H,2,18-22H2,1H3/t33-/m0/s1. The summed E-state index contributed by atoms with van der Waals surface area (Å²) in [4.78, 5) is 14.2. The molecular weight excluding hydrogens is 778 g/mol. The average Bonchev–Trinajstić information content (AvgIpc) is 3.57. The van der Waals surface area contributed by atoms with Gasteiger partial charge in [-0.25, -0.2) is 30.0 Å². The number of alkyl halides is 6. The first-order valence-corrected chi connectivity index (χ1v) is 19.1. The molecule has 0 spiro atoms. The maximum absolute atomic E-state index is 14.6. The minimum absolute atomic E-state index is 0.0140. The Balaban J connectivity index is 1.55. The first kappa shape index (κ1) is 40.8. The van der Waals surface area contributed by atoms with Crippen LogP contribution in [0.5, 0.6) is 0 Å². The highest BCUT2D eigenvalue weighted by Crippen LogP contribution is 2.54. The van der Waals surface area contributed by atoms with E-state index in [0.717, 1.165) is 35.2 Å². The molecule has 1 atom stereocenters. The number of nitrogens with zero attached hydrogens (tertiary/aromatic N) is 1. The fourth-order valence-corrected chi connectivity index (χ4v) is 9.27. The van der Waals surface area contributed by atoms with E-state index < -0.39 is 101 Å². The number of benzene rings is 4. The lowest BCUT2D eigenvalue weighted by molar-refractivity contribution is -0.392. The molecule has 0 radical (unpaired) electrons. The largest absolute Gasteiger partial charge is 0.430 e. The number of rotatable bonds is 11. The van der Waals surface area contributed by atoms with Crippen molar-refractivity contribution in [2.75, 3.05) is 18.8 Å². The van der Waals surface area contributed by atoms with Gasteiger partial charge in [-0.2, -0.15) is 26.3 Å². The summed E-state index contributed by atoms with van der Waals surface area (Å²) in [6, 6.07) is 13.1. The quantitative estimate of drug-likeness (QED) is 0.115. The lowest BCUT2D eigenvalue weighted by Gasteiger charge is -2.38. The molecule has 54 heavy (non-hydrogen) atoms. The van der Waals surface area contributed by atoms with Gasteiger partial charge in [0, 0.05) is 24.2 Å². The van der Waals surface area contributed by atoms with E-state index in [0.29, 0.717) is 42.0 Å². The third kappa shape index (κ3) is 7.34. The van der Waals surface area contributed by atoms with Crippen LogP contribution in [-0.4, -0.2) is 58.8 Å². The maximum Gasteiger partial charge on any atom is 0.430 e. The van der Waals surface area contributed by atoms with Crippen LogP contribution in [0.4, 0.5) is 39.5 Å². The van der Waals surface area contributed by atoms with E-state index in [-0.39, 0.29) is 29.2 Å². The van der Waals surface area contributed by atoms with Gasteiger partial charge in [0.1, 0.15) is 22.2 Å². The molecule has 0 N–H and O–H groups in total. The van der Waals surface area contributed by atoms with Crippen molar-refractivity contribution in [2.45, 2.75) is 58.9 Å². The number of carbonyl (C=O) groups excluding carboxylic acids is 1. The summed E-state index contributed by atoms with van der Waals surface area (Å²) in [6.07, 6.45) is -13.2. The van der Waals surface area contributed by atoms with Gasteiger partial charge >= 0.3 is 12.4 Å². The number of hydrogen-bond donors (Lipinski definition) is 0. The predicted octanol–water partition coefficient (Wildman–Crippen LogP) is 7.58. The topological polar surface area (TPSA) is 97.8 Å². The van der Waals surface area contributed by atoms with Crippen molar-refractivity contribution in [1.29, 1.82) is 0 Å². The summed E-state index contributed by atoms with van der Waals surface area (Å²) in [5, 5.41) is 0. The molecule has 0 aliphatic carbocycles. The Morgan fingerprint density at radius 3 is 1.81 bits per heavy atom. The van der Waals surface area contributed by atoms with Crippen molar-refractivity contribution in [3.05, 3.63) is 131 Å². The number of carbonyl (C=O) groups is 1. The Labute approximate surface area is 304 Å². The molecule has 18 heteroatoms. The van der Waals surface area contributed by atoms with E-state index in [9.17, 15) is 61.1 Å². The van der Waals surface area contributed by atoms with E-state index in [1.807, 2.05) is 0 Å². The van der Waals surface area contributed by atoms with Crippen LogP contribution in [0.1, 0.15) is 35.6 Å². The number of amides is 1. The van der Waals surface area contributed by atoms with Crippen LogP contribution in [0.3, 0.4) is 0 Å². The number of ether oxygens (including phenoxy) is 1. The highest BCUT2D eigenvalue weighted by atomic mass is 32.2. The summed E-state index contributed by atoms with van der Waals surface area (Å²) in [6.45, 7) is -1.21. The molecule has 4 aromatic carbocycles. The van der Waals surface area contributed by atoms with Crippen LogP contribution >= 0.6 is 0 Å². The third-order valence-corrected chi connectivity index (χ3v) is 13.6. The molecule has 7 nitrogen and oxygen atoms in total. The Morgan fingerprint density at radius 2 is 1.30 bits per heavy atom. The second kappa shape index (κ2) is 14.7. The van der Waals surface area contributed by atoms with Gasteiger partial charge in [-0.3, -0.25) is 4.79 Å².